The largest absolute Gasteiger partial charge is 0.497 e. The molecule has 0 N–H and O–H groups in total. The smallest absolute Gasteiger partial charge is 0.286 e. The number of aliphatic imine (C=N–C) groups is 1. The second kappa shape index (κ2) is 10.3. The van der Waals surface area contributed by atoms with Crippen LogP contribution >= 0.6 is 11.8 Å². The fourth-order valence-electron chi connectivity index (χ4n) is 4.15. The summed E-state index contributed by atoms with van der Waals surface area (Å²) in [6, 6.07) is 23.2. The number of thioether (sulfide) groups is 1. The lowest BCUT2D eigenvalue weighted by atomic mass is 9.98. The Balaban J connectivity index is 1.48. The summed E-state index contributed by atoms with van der Waals surface area (Å²) in [6.45, 7) is 0. The minimum Gasteiger partial charge on any atom is -0.497 e. The van der Waals surface area contributed by atoms with E-state index in [1.54, 1.807) is 21.3 Å². The quantitative estimate of drug-likeness (QED) is 0.415. The number of benzene rings is 3. The third-order valence-corrected chi connectivity index (χ3v) is 7.04. The van der Waals surface area contributed by atoms with Crippen molar-refractivity contribution in [3.05, 3.63) is 94.4 Å². The molecule has 3 aromatic carbocycles. The number of rotatable bonds is 6. The summed E-state index contributed by atoms with van der Waals surface area (Å²) in [4.78, 5) is 17.8. The first-order chi connectivity index (χ1) is 17.6. The van der Waals surface area contributed by atoms with Crippen molar-refractivity contribution < 1.29 is 19.0 Å². The molecule has 1 amide bonds. The predicted molar refractivity (Wildman–Crippen MR) is 143 cm³/mol. The van der Waals surface area contributed by atoms with E-state index in [1.165, 1.54) is 11.8 Å². The Morgan fingerprint density at radius 1 is 0.889 bits per heavy atom. The lowest BCUT2D eigenvalue weighted by molar-refractivity contribution is -0.113. The maximum Gasteiger partial charge on any atom is 0.286 e. The number of carbonyl (C=O) groups excluding carboxylic acids is 1. The Morgan fingerprint density at radius 2 is 1.56 bits per heavy atom. The second-order valence-electron chi connectivity index (χ2n) is 8.16. The molecule has 36 heavy (non-hydrogen) atoms. The molecule has 2 aliphatic heterocycles. The molecule has 0 spiro atoms. The van der Waals surface area contributed by atoms with Crippen LogP contribution in [0.2, 0.25) is 0 Å². The normalized spacial score (nSPS) is 18.3. The summed E-state index contributed by atoms with van der Waals surface area (Å²) in [6.07, 6.45) is 2.48. The Bertz CT molecular complexity index is 1360. The third-order valence-electron chi connectivity index (χ3n) is 6.06. The number of amides is 1. The van der Waals surface area contributed by atoms with Crippen LogP contribution in [0.3, 0.4) is 0 Å². The fourth-order valence-corrected chi connectivity index (χ4v) is 5.06. The molecule has 0 radical (unpaired) electrons. The molecule has 0 aromatic heterocycles. The van der Waals surface area contributed by atoms with Crippen LogP contribution < -0.4 is 14.2 Å². The van der Waals surface area contributed by atoms with Gasteiger partial charge in [-0.1, -0.05) is 30.3 Å². The Hall–Kier alpha value is -4.04. The van der Waals surface area contributed by atoms with Gasteiger partial charge in [-0.2, -0.15) is 10.1 Å². The molecule has 0 bridgehead atoms. The standard InChI is InChI=1S/C28H25N3O4S/c1-33-21-12-8-18(9-13-21)23-17-24(19-10-14-22(34-2)15-11-19)31(30-23)28-29-27(32)26(36-28)16-20-6-4-5-7-25(20)35-3/h4-16,24H,17H2,1-3H3/b26-16-. The SMILES string of the molecule is COc1ccc(C2=NN(C3=NC(=O)/C(=C/c4ccccc4OC)S3)C(c3ccc(OC)cc3)C2)cc1. The Labute approximate surface area is 214 Å². The van der Waals surface area contributed by atoms with Gasteiger partial charge in [0.1, 0.15) is 17.2 Å². The van der Waals surface area contributed by atoms with Crippen LogP contribution in [0, 0.1) is 0 Å². The number of ether oxygens (including phenoxy) is 3. The highest BCUT2D eigenvalue weighted by molar-refractivity contribution is 8.18. The highest BCUT2D eigenvalue weighted by Crippen LogP contribution is 2.40. The van der Waals surface area contributed by atoms with Crippen molar-refractivity contribution >= 4 is 34.6 Å². The average molecular weight is 500 g/mol. The number of methoxy groups -OCH3 is 3. The van der Waals surface area contributed by atoms with Crippen molar-refractivity contribution in [3.63, 3.8) is 0 Å². The summed E-state index contributed by atoms with van der Waals surface area (Å²) in [5.41, 5.74) is 3.79. The van der Waals surface area contributed by atoms with Gasteiger partial charge in [-0.15, -0.1) is 0 Å². The molecule has 2 heterocycles. The Kier molecular flexibility index (Phi) is 6.77. The number of amidine groups is 1. The van der Waals surface area contributed by atoms with Gasteiger partial charge in [0.25, 0.3) is 5.91 Å². The second-order valence-corrected chi connectivity index (χ2v) is 9.17. The summed E-state index contributed by atoms with van der Waals surface area (Å²) in [7, 11) is 4.90. The first-order valence-corrected chi connectivity index (χ1v) is 12.2. The summed E-state index contributed by atoms with van der Waals surface area (Å²) < 4.78 is 16.1. The van der Waals surface area contributed by atoms with Crippen LogP contribution in [-0.2, 0) is 4.79 Å². The number of hydrogen-bond donors (Lipinski definition) is 0. The molecule has 7 nitrogen and oxygen atoms in total. The highest BCUT2D eigenvalue weighted by atomic mass is 32.2. The number of hydrazone groups is 1. The lowest BCUT2D eigenvalue weighted by Gasteiger charge is -2.22. The summed E-state index contributed by atoms with van der Waals surface area (Å²) in [5, 5.41) is 7.33. The van der Waals surface area contributed by atoms with E-state index >= 15 is 0 Å². The number of nitrogens with zero attached hydrogens (tertiary/aromatic N) is 3. The third kappa shape index (κ3) is 4.72. The van der Waals surface area contributed by atoms with Crippen molar-refractivity contribution in [1.82, 2.24) is 5.01 Å². The van der Waals surface area contributed by atoms with E-state index in [1.807, 2.05) is 83.9 Å². The van der Waals surface area contributed by atoms with Crippen molar-refractivity contribution in [2.45, 2.75) is 12.5 Å². The first-order valence-electron chi connectivity index (χ1n) is 11.4. The fraction of sp³-hybridized carbons (Fsp3) is 0.179. The van der Waals surface area contributed by atoms with Crippen LogP contribution in [-0.4, -0.2) is 43.1 Å². The van der Waals surface area contributed by atoms with E-state index in [0.29, 0.717) is 22.2 Å². The molecule has 8 heteroatoms. The number of carbonyl (C=O) groups is 1. The van der Waals surface area contributed by atoms with Crippen molar-refractivity contribution in [2.75, 3.05) is 21.3 Å². The molecule has 2 aliphatic rings. The Morgan fingerprint density at radius 3 is 2.22 bits per heavy atom. The van der Waals surface area contributed by atoms with Gasteiger partial charge >= 0.3 is 0 Å². The average Bonchev–Trinajstić information content (AvgIpc) is 3.53. The van der Waals surface area contributed by atoms with E-state index in [2.05, 4.69) is 4.99 Å². The molecule has 3 aromatic rings. The van der Waals surface area contributed by atoms with E-state index in [4.69, 9.17) is 19.3 Å². The maximum absolute atomic E-state index is 12.9. The van der Waals surface area contributed by atoms with Crippen LogP contribution in [0.5, 0.6) is 17.2 Å². The molecule has 1 atom stereocenters. The first kappa shape index (κ1) is 23.7. The van der Waals surface area contributed by atoms with Crippen LogP contribution in [0.15, 0.2) is 87.8 Å². The zero-order valence-electron chi connectivity index (χ0n) is 20.2. The van der Waals surface area contributed by atoms with Gasteiger partial charge in [-0.05, 0) is 71.4 Å². The van der Waals surface area contributed by atoms with E-state index in [-0.39, 0.29) is 11.9 Å². The maximum atomic E-state index is 12.9. The molecule has 1 unspecified atom stereocenters. The van der Waals surface area contributed by atoms with Crippen LogP contribution in [0.4, 0.5) is 0 Å². The number of para-hydroxylation sites is 1. The van der Waals surface area contributed by atoms with Crippen molar-refractivity contribution in [2.24, 2.45) is 10.1 Å². The number of hydrogen-bond acceptors (Lipinski definition) is 7. The van der Waals surface area contributed by atoms with Crippen LogP contribution in [0.1, 0.15) is 29.2 Å². The van der Waals surface area contributed by atoms with Gasteiger partial charge in [-0.3, -0.25) is 4.79 Å². The van der Waals surface area contributed by atoms with Crippen molar-refractivity contribution in [3.8, 4) is 17.2 Å². The zero-order chi connectivity index (χ0) is 25.1. The monoisotopic (exact) mass is 499 g/mol. The van der Waals surface area contributed by atoms with Gasteiger partial charge in [-0.25, -0.2) is 5.01 Å². The molecule has 0 fully saturated rings. The summed E-state index contributed by atoms with van der Waals surface area (Å²) >= 11 is 1.32. The van der Waals surface area contributed by atoms with E-state index in [0.717, 1.165) is 33.9 Å². The predicted octanol–water partition coefficient (Wildman–Crippen LogP) is 5.53. The van der Waals surface area contributed by atoms with E-state index < -0.39 is 0 Å². The van der Waals surface area contributed by atoms with E-state index in [9.17, 15) is 4.79 Å². The minimum absolute atomic E-state index is 0.113. The van der Waals surface area contributed by atoms with Crippen molar-refractivity contribution in [1.29, 1.82) is 0 Å². The molecule has 5 rings (SSSR count). The molecular formula is C28H25N3O4S. The lowest BCUT2D eigenvalue weighted by Crippen LogP contribution is -2.23. The molecular weight excluding hydrogens is 474 g/mol. The minimum atomic E-state index is -0.289. The zero-order valence-corrected chi connectivity index (χ0v) is 21.0. The molecule has 0 aliphatic carbocycles. The van der Waals surface area contributed by atoms with Gasteiger partial charge in [0.2, 0.25) is 0 Å². The summed E-state index contributed by atoms with van der Waals surface area (Å²) in [5.74, 6) is 1.98. The van der Waals surface area contributed by atoms with Gasteiger partial charge < -0.3 is 14.2 Å². The molecule has 0 saturated heterocycles. The highest BCUT2D eigenvalue weighted by Gasteiger charge is 2.36. The van der Waals surface area contributed by atoms with Crippen LogP contribution in [0.25, 0.3) is 6.08 Å². The van der Waals surface area contributed by atoms with Gasteiger partial charge in [0.15, 0.2) is 5.17 Å². The molecule has 0 saturated carbocycles. The topological polar surface area (TPSA) is 72.7 Å². The molecule has 182 valence electrons. The van der Waals surface area contributed by atoms with Gasteiger partial charge in [0, 0.05) is 12.0 Å². The van der Waals surface area contributed by atoms with Gasteiger partial charge in [0.05, 0.1) is 38.0 Å².